The highest BCUT2D eigenvalue weighted by Gasteiger charge is 2.37. The van der Waals surface area contributed by atoms with Gasteiger partial charge in [0.2, 0.25) is 5.82 Å². The first-order valence-electron chi connectivity index (χ1n) is 11.1. The molecule has 2 aromatic heterocycles. The molecule has 0 bridgehead atoms. The average Bonchev–Trinajstić information content (AvgIpc) is 3.56. The van der Waals surface area contributed by atoms with Crippen LogP contribution in [0.5, 0.6) is 0 Å². The monoisotopic (exact) mass is 471 g/mol. The molecule has 3 aromatic rings. The van der Waals surface area contributed by atoms with Crippen molar-refractivity contribution in [3.63, 3.8) is 0 Å². The Morgan fingerprint density at radius 3 is 2.64 bits per heavy atom. The maximum absolute atomic E-state index is 13.7. The molecule has 1 aliphatic carbocycles. The highest BCUT2D eigenvalue weighted by Crippen LogP contribution is 2.45. The lowest BCUT2D eigenvalue weighted by Gasteiger charge is -2.26. The predicted molar refractivity (Wildman–Crippen MR) is 124 cm³/mol. The Morgan fingerprint density at radius 2 is 1.91 bits per heavy atom. The van der Waals surface area contributed by atoms with E-state index in [4.69, 9.17) is 4.52 Å². The van der Waals surface area contributed by atoms with Gasteiger partial charge in [0.05, 0.1) is 4.88 Å². The minimum atomic E-state index is -4.47. The van der Waals surface area contributed by atoms with Crippen LogP contribution in [-0.4, -0.2) is 34.7 Å². The number of aromatic nitrogens is 2. The van der Waals surface area contributed by atoms with Crippen LogP contribution in [0.25, 0.3) is 27.5 Å². The molecule has 8 heteroatoms. The van der Waals surface area contributed by atoms with Gasteiger partial charge in [0.25, 0.3) is 5.89 Å². The summed E-state index contributed by atoms with van der Waals surface area (Å²) < 4.78 is 46.7. The molecule has 1 aliphatic heterocycles. The number of alkyl halides is 3. The summed E-state index contributed by atoms with van der Waals surface area (Å²) in [7, 11) is 0. The van der Waals surface area contributed by atoms with Crippen LogP contribution in [0.1, 0.15) is 36.9 Å². The molecule has 0 amide bonds. The van der Waals surface area contributed by atoms with Crippen molar-refractivity contribution in [3.05, 3.63) is 64.8 Å². The van der Waals surface area contributed by atoms with Crippen LogP contribution in [0.3, 0.4) is 0 Å². The molecule has 172 valence electrons. The minimum Gasteiger partial charge on any atom is -0.333 e. The van der Waals surface area contributed by atoms with E-state index in [1.807, 2.05) is 6.08 Å². The maximum atomic E-state index is 13.7. The summed E-state index contributed by atoms with van der Waals surface area (Å²) in [6, 6.07) is 10.1. The lowest BCUT2D eigenvalue weighted by atomic mass is 9.87. The van der Waals surface area contributed by atoms with E-state index in [-0.39, 0.29) is 11.5 Å². The largest absolute Gasteiger partial charge is 0.426 e. The van der Waals surface area contributed by atoms with Gasteiger partial charge >= 0.3 is 6.18 Å². The SMILES string of the molecule is CC1=C(c2noc(-c3cc(-c4ccccc4)c(C(F)(F)F)s3)n2)C=CCC1CN1CCCC1. The van der Waals surface area contributed by atoms with Crippen molar-refractivity contribution < 1.29 is 17.7 Å². The molecular weight excluding hydrogens is 447 g/mol. The number of thiophene rings is 1. The molecule has 1 unspecified atom stereocenters. The zero-order valence-corrected chi connectivity index (χ0v) is 19.0. The minimum absolute atomic E-state index is 0.109. The number of likely N-dealkylation sites (tertiary alicyclic amines) is 1. The van der Waals surface area contributed by atoms with E-state index in [1.54, 1.807) is 30.3 Å². The second kappa shape index (κ2) is 8.91. The Bertz CT molecular complexity index is 1190. The van der Waals surface area contributed by atoms with Crippen molar-refractivity contribution >= 4 is 16.9 Å². The zero-order chi connectivity index (χ0) is 23.0. The Kier molecular flexibility index (Phi) is 5.97. The summed E-state index contributed by atoms with van der Waals surface area (Å²) in [5.74, 6) is 0.916. The van der Waals surface area contributed by atoms with Gasteiger partial charge in [0.1, 0.15) is 4.88 Å². The fourth-order valence-electron chi connectivity index (χ4n) is 4.59. The molecule has 5 rings (SSSR count). The molecule has 1 fully saturated rings. The van der Waals surface area contributed by atoms with Crippen LogP contribution in [0, 0.1) is 5.92 Å². The number of nitrogens with zero attached hydrogens (tertiary/aromatic N) is 3. The second-order valence-electron chi connectivity index (χ2n) is 8.58. The number of hydrogen-bond donors (Lipinski definition) is 0. The van der Waals surface area contributed by atoms with Gasteiger partial charge in [-0.15, -0.1) is 11.3 Å². The van der Waals surface area contributed by atoms with Crippen LogP contribution < -0.4 is 0 Å². The van der Waals surface area contributed by atoms with E-state index in [2.05, 4.69) is 28.0 Å². The van der Waals surface area contributed by atoms with Gasteiger partial charge in [-0.2, -0.15) is 18.2 Å². The van der Waals surface area contributed by atoms with Crippen molar-refractivity contribution in [2.45, 2.75) is 32.4 Å². The molecule has 4 nitrogen and oxygen atoms in total. The molecule has 0 saturated carbocycles. The fourth-order valence-corrected chi connectivity index (χ4v) is 5.56. The number of halogens is 3. The molecular formula is C25H24F3N3OS. The van der Waals surface area contributed by atoms with Gasteiger partial charge < -0.3 is 9.42 Å². The molecule has 1 saturated heterocycles. The lowest BCUT2D eigenvalue weighted by Crippen LogP contribution is -2.28. The van der Waals surface area contributed by atoms with Crippen LogP contribution >= 0.6 is 11.3 Å². The average molecular weight is 472 g/mol. The first-order chi connectivity index (χ1) is 15.9. The van der Waals surface area contributed by atoms with Crippen molar-refractivity contribution in [2.24, 2.45) is 5.92 Å². The molecule has 1 aromatic carbocycles. The topological polar surface area (TPSA) is 42.2 Å². The van der Waals surface area contributed by atoms with E-state index in [9.17, 15) is 13.2 Å². The predicted octanol–water partition coefficient (Wildman–Crippen LogP) is 6.93. The van der Waals surface area contributed by atoms with Gasteiger partial charge in [0.15, 0.2) is 0 Å². The molecule has 0 N–H and O–H groups in total. The molecule has 3 heterocycles. The third kappa shape index (κ3) is 4.54. The van der Waals surface area contributed by atoms with Crippen LogP contribution in [-0.2, 0) is 6.18 Å². The van der Waals surface area contributed by atoms with E-state index < -0.39 is 11.1 Å². The Balaban J connectivity index is 1.46. The fraction of sp³-hybridized carbons (Fsp3) is 0.360. The Hall–Kier alpha value is -2.71. The summed E-state index contributed by atoms with van der Waals surface area (Å²) in [6.45, 7) is 5.37. The van der Waals surface area contributed by atoms with Gasteiger partial charge in [0, 0.05) is 17.7 Å². The molecule has 0 radical (unpaired) electrons. The van der Waals surface area contributed by atoms with Gasteiger partial charge in [-0.05, 0) is 56.8 Å². The van der Waals surface area contributed by atoms with E-state index in [1.165, 1.54) is 24.5 Å². The van der Waals surface area contributed by atoms with Gasteiger partial charge in [-0.1, -0.05) is 53.2 Å². The number of benzene rings is 1. The van der Waals surface area contributed by atoms with Crippen molar-refractivity contribution in [1.82, 2.24) is 15.0 Å². The summed E-state index contributed by atoms with van der Waals surface area (Å²) in [6.07, 6.45) is 3.12. The molecule has 2 aliphatic rings. The number of allylic oxidation sites excluding steroid dienone is 3. The normalized spacial score (nSPS) is 19.6. The zero-order valence-electron chi connectivity index (χ0n) is 18.2. The van der Waals surface area contributed by atoms with Gasteiger partial charge in [-0.25, -0.2) is 0 Å². The van der Waals surface area contributed by atoms with Crippen molar-refractivity contribution in [2.75, 3.05) is 19.6 Å². The smallest absolute Gasteiger partial charge is 0.333 e. The lowest BCUT2D eigenvalue weighted by molar-refractivity contribution is -0.133. The maximum Gasteiger partial charge on any atom is 0.426 e. The molecule has 33 heavy (non-hydrogen) atoms. The highest BCUT2D eigenvalue weighted by molar-refractivity contribution is 7.16. The quantitative estimate of drug-likeness (QED) is 0.405. The van der Waals surface area contributed by atoms with E-state index in [0.29, 0.717) is 33.5 Å². The summed E-state index contributed by atoms with van der Waals surface area (Å²) >= 11 is 0.635. The summed E-state index contributed by atoms with van der Waals surface area (Å²) in [5.41, 5.74) is 2.73. The summed E-state index contributed by atoms with van der Waals surface area (Å²) in [5, 5.41) is 4.12. The van der Waals surface area contributed by atoms with Crippen LogP contribution in [0.2, 0.25) is 0 Å². The molecule has 1 atom stereocenters. The van der Waals surface area contributed by atoms with Gasteiger partial charge in [-0.3, -0.25) is 0 Å². The third-order valence-electron chi connectivity index (χ3n) is 6.37. The number of rotatable bonds is 5. The first-order valence-corrected chi connectivity index (χ1v) is 11.9. The van der Waals surface area contributed by atoms with E-state index in [0.717, 1.165) is 31.6 Å². The second-order valence-corrected chi connectivity index (χ2v) is 9.63. The highest BCUT2D eigenvalue weighted by atomic mass is 32.1. The van der Waals surface area contributed by atoms with Crippen molar-refractivity contribution in [3.8, 4) is 21.9 Å². The van der Waals surface area contributed by atoms with Crippen LogP contribution in [0.15, 0.2) is 58.6 Å². The Morgan fingerprint density at radius 1 is 1.15 bits per heavy atom. The third-order valence-corrected chi connectivity index (χ3v) is 7.54. The van der Waals surface area contributed by atoms with E-state index >= 15 is 0 Å². The van der Waals surface area contributed by atoms with Crippen molar-refractivity contribution in [1.29, 1.82) is 0 Å². The molecule has 0 spiro atoms. The summed E-state index contributed by atoms with van der Waals surface area (Å²) in [4.78, 5) is 6.63. The Labute approximate surface area is 194 Å². The van der Waals surface area contributed by atoms with Crippen LogP contribution in [0.4, 0.5) is 13.2 Å². The first kappa shape index (κ1) is 22.1. The number of hydrogen-bond acceptors (Lipinski definition) is 5. The standard InChI is InChI=1S/C25H24F3N3OS/c1-16-18(15-31-12-5-6-13-31)10-7-11-19(16)23-29-24(32-30-23)21-14-20(17-8-3-2-4-9-17)22(33-21)25(26,27)28/h2-4,7-9,11,14,18H,5-6,10,12-13,15H2,1H3.